The van der Waals surface area contributed by atoms with Crippen LogP contribution in [0.3, 0.4) is 0 Å². The van der Waals surface area contributed by atoms with Crippen molar-refractivity contribution in [2.75, 3.05) is 12.8 Å². The minimum absolute atomic E-state index is 0.0191. The Morgan fingerprint density at radius 3 is 2.61 bits per heavy atom. The lowest BCUT2D eigenvalue weighted by atomic mass is 9.77. The van der Waals surface area contributed by atoms with Gasteiger partial charge in [-0.25, -0.2) is 9.37 Å². The molecule has 1 aliphatic carbocycles. The molecule has 1 aromatic heterocycles. The van der Waals surface area contributed by atoms with Crippen LogP contribution in [0.2, 0.25) is 0 Å². The highest BCUT2D eigenvalue weighted by Crippen LogP contribution is 2.36. The number of nitriles is 1. The van der Waals surface area contributed by atoms with Crippen molar-refractivity contribution in [3.8, 4) is 11.8 Å². The van der Waals surface area contributed by atoms with Crippen LogP contribution in [0.4, 0.5) is 4.39 Å². The second-order valence-electron chi connectivity index (χ2n) is 8.57. The second kappa shape index (κ2) is 9.36. The molecule has 8 heteroatoms. The highest BCUT2D eigenvalue weighted by Gasteiger charge is 2.40. The highest BCUT2D eigenvalue weighted by atomic mass is 32.2. The number of hydrogen-bond acceptors (Lipinski definition) is 5. The Balaban J connectivity index is 1.67. The first kappa shape index (κ1) is 23.0. The standard InChI is InChI=1S/C25H25FN4O2S/c1-17-11-13-25(16-27,14-12-17)29(2)22(31)15-33-24-28-20-9-5-3-7-18(20)23(32)30(24)21-10-6-4-8-19(21)26/h3-10,17H,11-15H2,1-2H3. The number of benzene rings is 2. The molecule has 2 aromatic carbocycles. The van der Waals surface area contributed by atoms with Crippen LogP contribution < -0.4 is 5.56 Å². The lowest BCUT2D eigenvalue weighted by molar-refractivity contribution is -0.132. The van der Waals surface area contributed by atoms with Gasteiger partial charge < -0.3 is 4.90 Å². The third kappa shape index (κ3) is 4.38. The molecule has 0 radical (unpaired) electrons. The molecule has 0 aliphatic heterocycles. The van der Waals surface area contributed by atoms with Crippen LogP contribution in [0.5, 0.6) is 0 Å². The van der Waals surface area contributed by atoms with E-state index in [1.165, 1.54) is 16.7 Å². The molecule has 0 N–H and O–H groups in total. The van der Waals surface area contributed by atoms with Gasteiger partial charge in [0.2, 0.25) is 5.91 Å². The summed E-state index contributed by atoms with van der Waals surface area (Å²) in [7, 11) is 1.67. The number of nitrogens with zero attached hydrogens (tertiary/aromatic N) is 4. The van der Waals surface area contributed by atoms with E-state index in [0.29, 0.717) is 29.7 Å². The Kier molecular flexibility index (Phi) is 6.52. The van der Waals surface area contributed by atoms with Gasteiger partial charge in [0.1, 0.15) is 11.4 Å². The first-order chi connectivity index (χ1) is 15.9. The number of carbonyl (C=O) groups is 1. The fourth-order valence-corrected chi connectivity index (χ4v) is 5.20. The van der Waals surface area contributed by atoms with Crippen LogP contribution in [0.15, 0.2) is 58.5 Å². The molecule has 4 rings (SSSR count). The minimum atomic E-state index is -0.813. The smallest absolute Gasteiger partial charge is 0.266 e. The van der Waals surface area contributed by atoms with Crippen molar-refractivity contribution in [3.63, 3.8) is 0 Å². The molecule has 1 aliphatic rings. The van der Waals surface area contributed by atoms with Crippen LogP contribution in [0.25, 0.3) is 16.6 Å². The number of fused-ring (bicyclic) bond motifs is 1. The molecule has 0 bridgehead atoms. The maximum Gasteiger partial charge on any atom is 0.266 e. The molecule has 1 heterocycles. The van der Waals surface area contributed by atoms with E-state index < -0.39 is 16.9 Å². The molecule has 6 nitrogen and oxygen atoms in total. The van der Waals surface area contributed by atoms with E-state index in [0.717, 1.165) is 24.6 Å². The van der Waals surface area contributed by atoms with Gasteiger partial charge in [0.25, 0.3) is 5.56 Å². The van der Waals surface area contributed by atoms with E-state index in [9.17, 15) is 19.2 Å². The lowest BCUT2D eigenvalue weighted by Crippen LogP contribution is -2.51. The van der Waals surface area contributed by atoms with Crippen molar-refractivity contribution in [2.24, 2.45) is 5.92 Å². The maximum atomic E-state index is 14.6. The molecular weight excluding hydrogens is 439 g/mol. The van der Waals surface area contributed by atoms with Gasteiger partial charge in [0, 0.05) is 7.05 Å². The molecule has 170 valence electrons. The van der Waals surface area contributed by atoms with Gasteiger partial charge >= 0.3 is 0 Å². The highest BCUT2D eigenvalue weighted by molar-refractivity contribution is 7.99. The Bertz CT molecular complexity index is 1290. The molecule has 0 atom stereocenters. The van der Waals surface area contributed by atoms with Crippen LogP contribution in [-0.4, -0.2) is 38.7 Å². The molecule has 0 spiro atoms. The first-order valence-corrected chi connectivity index (χ1v) is 11.9. The van der Waals surface area contributed by atoms with Crippen molar-refractivity contribution < 1.29 is 9.18 Å². The Hall–Kier alpha value is -3.18. The summed E-state index contributed by atoms with van der Waals surface area (Å²) in [5.74, 6) is -0.254. The predicted octanol–water partition coefficient (Wildman–Crippen LogP) is 4.55. The van der Waals surface area contributed by atoms with E-state index in [4.69, 9.17) is 0 Å². The van der Waals surface area contributed by atoms with Crippen LogP contribution in [0.1, 0.15) is 32.6 Å². The second-order valence-corrected chi connectivity index (χ2v) is 9.51. The van der Waals surface area contributed by atoms with E-state index >= 15 is 0 Å². The molecular formula is C25H25FN4O2S. The first-order valence-electron chi connectivity index (χ1n) is 10.9. The molecule has 33 heavy (non-hydrogen) atoms. The van der Waals surface area contributed by atoms with Gasteiger partial charge in [-0.2, -0.15) is 5.26 Å². The van der Waals surface area contributed by atoms with Crippen molar-refractivity contribution in [1.29, 1.82) is 5.26 Å². The Labute approximate surface area is 196 Å². The van der Waals surface area contributed by atoms with Gasteiger partial charge in [0.05, 0.1) is 28.4 Å². The van der Waals surface area contributed by atoms with Gasteiger partial charge in [-0.1, -0.05) is 43.0 Å². The average molecular weight is 465 g/mol. The van der Waals surface area contributed by atoms with Gasteiger partial charge in [0.15, 0.2) is 5.16 Å². The quantitative estimate of drug-likeness (QED) is 0.409. The van der Waals surface area contributed by atoms with Crippen molar-refractivity contribution in [2.45, 2.75) is 43.3 Å². The number of aromatic nitrogens is 2. The van der Waals surface area contributed by atoms with Crippen molar-refractivity contribution in [3.05, 3.63) is 64.7 Å². The molecule has 0 unspecified atom stereocenters. The summed E-state index contributed by atoms with van der Waals surface area (Å²) in [4.78, 5) is 32.5. The maximum absolute atomic E-state index is 14.6. The topological polar surface area (TPSA) is 79.0 Å². The minimum Gasteiger partial charge on any atom is -0.326 e. The summed E-state index contributed by atoms with van der Waals surface area (Å²) in [6, 6.07) is 15.2. The molecule has 1 amide bonds. The molecule has 0 saturated heterocycles. The van der Waals surface area contributed by atoms with Crippen LogP contribution >= 0.6 is 11.8 Å². The summed E-state index contributed by atoms with van der Waals surface area (Å²) < 4.78 is 15.8. The van der Waals surface area contributed by atoms with Gasteiger partial charge in [-0.05, 0) is 55.9 Å². The zero-order valence-electron chi connectivity index (χ0n) is 18.6. The predicted molar refractivity (Wildman–Crippen MR) is 127 cm³/mol. The Morgan fingerprint density at radius 2 is 1.91 bits per heavy atom. The number of carbonyl (C=O) groups excluding carboxylic acids is 1. The molecule has 3 aromatic rings. The van der Waals surface area contributed by atoms with Crippen molar-refractivity contribution >= 4 is 28.6 Å². The van der Waals surface area contributed by atoms with E-state index in [2.05, 4.69) is 18.0 Å². The summed E-state index contributed by atoms with van der Waals surface area (Å²) in [5, 5.41) is 10.5. The number of thioether (sulfide) groups is 1. The summed E-state index contributed by atoms with van der Waals surface area (Å²) in [5.41, 5.74) is -0.651. The molecule has 1 saturated carbocycles. The number of rotatable bonds is 5. The van der Waals surface area contributed by atoms with E-state index in [1.54, 1.807) is 48.3 Å². The third-order valence-electron chi connectivity index (χ3n) is 6.49. The average Bonchev–Trinajstić information content (AvgIpc) is 2.84. The summed E-state index contributed by atoms with van der Waals surface area (Å²) in [6.45, 7) is 2.16. The fourth-order valence-electron chi connectivity index (χ4n) is 4.28. The van der Waals surface area contributed by atoms with Crippen LogP contribution in [-0.2, 0) is 4.79 Å². The zero-order valence-corrected chi connectivity index (χ0v) is 19.4. The Morgan fingerprint density at radius 1 is 1.24 bits per heavy atom. The zero-order chi connectivity index (χ0) is 23.6. The van der Waals surface area contributed by atoms with Gasteiger partial charge in [-0.3, -0.25) is 14.2 Å². The summed E-state index contributed by atoms with van der Waals surface area (Å²) in [6.07, 6.45) is 3.09. The monoisotopic (exact) mass is 464 g/mol. The lowest BCUT2D eigenvalue weighted by Gasteiger charge is -2.40. The van der Waals surface area contributed by atoms with E-state index in [1.807, 2.05) is 0 Å². The normalized spacial score (nSPS) is 20.4. The largest absolute Gasteiger partial charge is 0.326 e. The number of hydrogen-bond donors (Lipinski definition) is 0. The summed E-state index contributed by atoms with van der Waals surface area (Å²) >= 11 is 1.07. The fraction of sp³-hybridized carbons (Fsp3) is 0.360. The van der Waals surface area contributed by atoms with Crippen molar-refractivity contribution in [1.82, 2.24) is 14.5 Å². The van der Waals surface area contributed by atoms with Crippen LogP contribution in [0, 0.1) is 23.1 Å². The number of amides is 1. The molecule has 1 fully saturated rings. The third-order valence-corrected chi connectivity index (χ3v) is 7.41. The SMILES string of the molecule is CC1CCC(C#N)(N(C)C(=O)CSc2nc3ccccc3c(=O)n2-c2ccccc2F)CC1. The van der Waals surface area contributed by atoms with E-state index in [-0.39, 0.29) is 22.5 Å². The number of halogens is 1. The van der Waals surface area contributed by atoms with Gasteiger partial charge in [-0.15, -0.1) is 0 Å². The number of para-hydroxylation sites is 2.